The molecule has 0 saturated heterocycles. The highest BCUT2D eigenvalue weighted by molar-refractivity contribution is 5.91. The van der Waals surface area contributed by atoms with E-state index in [9.17, 15) is 14.7 Å². The fourth-order valence-corrected chi connectivity index (χ4v) is 7.58. The molecule has 0 heterocycles. The average molecular weight is 375 g/mol. The van der Waals surface area contributed by atoms with Crippen LogP contribution in [-0.4, -0.2) is 29.6 Å². The van der Waals surface area contributed by atoms with Gasteiger partial charge in [0.2, 0.25) is 0 Å². The summed E-state index contributed by atoms with van der Waals surface area (Å²) in [5.41, 5.74) is 0.936. The van der Waals surface area contributed by atoms with Crippen LogP contribution in [0.15, 0.2) is 11.6 Å². The second kappa shape index (κ2) is 6.72. The lowest BCUT2D eigenvalue weighted by molar-refractivity contribution is -0.137. The second-order valence-electron chi connectivity index (χ2n) is 10.1. The zero-order valence-corrected chi connectivity index (χ0v) is 16.8. The standard InChI is InChI=1S/C23H34O4/c1-21-10-6-17(25)14-16(21)4-5-18-19(21)7-11-22(2)20(18)8-12-23(22,26)9-3-13-27-15-24/h14-15,18-20,26H,3-13H2,1-2H3/t18-,19-,20+,21+,22+,23?/m1/s1. The number of allylic oxidation sites excluding steroid dienone is 1. The molecule has 1 unspecified atom stereocenters. The fourth-order valence-electron chi connectivity index (χ4n) is 7.58. The molecule has 150 valence electrons. The zero-order chi connectivity index (χ0) is 19.3. The molecule has 0 aromatic rings. The Hall–Kier alpha value is -1.16. The first kappa shape index (κ1) is 19.2. The van der Waals surface area contributed by atoms with Crippen molar-refractivity contribution in [2.75, 3.05) is 6.61 Å². The zero-order valence-electron chi connectivity index (χ0n) is 16.8. The fraction of sp³-hybridized carbons (Fsp3) is 0.826. The Morgan fingerprint density at radius 1 is 1.15 bits per heavy atom. The van der Waals surface area contributed by atoms with Gasteiger partial charge in [-0.25, -0.2) is 0 Å². The Morgan fingerprint density at radius 3 is 2.70 bits per heavy atom. The van der Waals surface area contributed by atoms with E-state index >= 15 is 0 Å². The number of rotatable bonds is 5. The molecule has 4 heteroatoms. The van der Waals surface area contributed by atoms with Gasteiger partial charge >= 0.3 is 0 Å². The van der Waals surface area contributed by atoms with Crippen LogP contribution in [0, 0.1) is 28.6 Å². The van der Waals surface area contributed by atoms with E-state index in [1.54, 1.807) is 0 Å². The van der Waals surface area contributed by atoms with Crippen LogP contribution in [0.4, 0.5) is 0 Å². The maximum Gasteiger partial charge on any atom is 0.293 e. The number of ketones is 1. The number of hydrogen-bond donors (Lipinski definition) is 1. The summed E-state index contributed by atoms with van der Waals surface area (Å²) in [6, 6.07) is 0. The quantitative estimate of drug-likeness (QED) is 0.578. The van der Waals surface area contributed by atoms with Gasteiger partial charge < -0.3 is 9.84 Å². The molecule has 0 spiro atoms. The van der Waals surface area contributed by atoms with Crippen molar-refractivity contribution in [1.29, 1.82) is 0 Å². The summed E-state index contributed by atoms with van der Waals surface area (Å²) < 4.78 is 4.85. The molecule has 0 radical (unpaired) electrons. The molecular formula is C23H34O4. The van der Waals surface area contributed by atoms with Crippen molar-refractivity contribution >= 4 is 12.3 Å². The molecule has 6 atom stereocenters. The molecule has 0 aliphatic heterocycles. The molecule has 3 fully saturated rings. The highest BCUT2D eigenvalue weighted by atomic mass is 16.5. The number of ether oxygens (including phenoxy) is 1. The second-order valence-corrected chi connectivity index (χ2v) is 10.1. The van der Waals surface area contributed by atoms with Gasteiger partial charge in [0.25, 0.3) is 6.47 Å². The summed E-state index contributed by atoms with van der Waals surface area (Å²) in [6.07, 6.45) is 11.6. The summed E-state index contributed by atoms with van der Waals surface area (Å²) in [6.45, 7) is 5.62. The first-order chi connectivity index (χ1) is 12.8. The van der Waals surface area contributed by atoms with Gasteiger partial charge in [0, 0.05) is 6.42 Å². The van der Waals surface area contributed by atoms with E-state index in [2.05, 4.69) is 13.8 Å². The van der Waals surface area contributed by atoms with Gasteiger partial charge in [-0.2, -0.15) is 0 Å². The molecule has 0 aromatic carbocycles. The Balaban J connectivity index is 1.54. The van der Waals surface area contributed by atoms with Gasteiger partial charge in [0.15, 0.2) is 5.78 Å². The van der Waals surface area contributed by atoms with E-state index in [0.717, 1.165) is 51.4 Å². The molecule has 0 amide bonds. The highest BCUT2D eigenvalue weighted by Gasteiger charge is 2.63. The molecule has 3 saturated carbocycles. The third-order valence-electron chi connectivity index (χ3n) is 9.20. The molecule has 4 nitrogen and oxygen atoms in total. The van der Waals surface area contributed by atoms with E-state index in [-0.39, 0.29) is 10.8 Å². The van der Waals surface area contributed by atoms with Gasteiger partial charge in [0.05, 0.1) is 12.2 Å². The lowest BCUT2D eigenvalue weighted by Crippen LogP contribution is -2.54. The average Bonchev–Trinajstić information content (AvgIpc) is 2.91. The van der Waals surface area contributed by atoms with Crippen LogP contribution >= 0.6 is 0 Å². The van der Waals surface area contributed by atoms with E-state index in [1.165, 1.54) is 12.0 Å². The predicted octanol–water partition coefficient (Wildman–Crippen LogP) is 4.20. The smallest absolute Gasteiger partial charge is 0.293 e. The van der Waals surface area contributed by atoms with Crippen molar-refractivity contribution in [2.24, 2.45) is 28.6 Å². The summed E-state index contributed by atoms with van der Waals surface area (Å²) in [5, 5.41) is 11.6. The predicted molar refractivity (Wildman–Crippen MR) is 103 cm³/mol. The molecule has 0 aromatic heterocycles. The SMILES string of the molecule is C[C@]12CCC(=O)C=C1CC[C@@H]1[C@H]2CC[C@@]2(C)[C@H]1CCC2(O)CCCOC=O. The maximum absolute atomic E-state index is 11.9. The van der Waals surface area contributed by atoms with Crippen LogP contribution in [0.25, 0.3) is 0 Å². The van der Waals surface area contributed by atoms with Gasteiger partial charge in [-0.15, -0.1) is 0 Å². The highest BCUT2D eigenvalue weighted by Crippen LogP contribution is 2.68. The van der Waals surface area contributed by atoms with E-state index in [0.29, 0.717) is 43.0 Å². The Kier molecular flexibility index (Phi) is 4.77. The molecule has 4 aliphatic rings. The van der Waals surface area contributed by atoms with Crippen molar-refractivity contribution in [3.05, 3.63) is 11.6 Å². The Bertz CT molecular complexity index is 655. The van der Waals surface area contributed by atoms with E-state index in [1.807, 2.05) is 6.08 Å². The van der Waals surface area contributed by atoms with Crippen molar-refractivity contribution in [3.63, 3.8) is 0 Å². The molecule has 1 N–H and O–H groups in total. The van der Waals surface area contributed by atoms with Crippen LogP contribution < -0.4 is 0 Å². The first-order valence-electron chi connectivity index (χ1n) is 10.9. The van der Waals surface area contributed by atoms with Crippen LogP contribution in [0.3, 0.4) is 0 Å². The van der Waals surface area contributed by atoms with Gasteiger partial charge in [-0.1, -0.05) is 19.4 Å². The summed E-state index contributed by atoms with van der Waals surface area (Å²) in [7, 11) is 0. The van der Waals surface area contributed by atoms with Crippen LogP contribution in [-0.2, 0) is 14.3 Å². The van der Waals surface area contributed by atoms with Crippen LogP contribution in [0.2, 0.25) is 0 Å². The van der Waals surface area contributed by atoms with Gasteiger partial charge in [-0.3, -0.25) is 9.59 Å². The number of carbonyl (C=O) groups is 2. The lowest BCUT2D eigenvalue weighted by atomic mass is 9.46. The Morgan fingerprint density at radius 2 is 1.93 bits per heavy atom. The number of carbonyl (C=O) groups excluding carboxylic acids is 2. The minimum Gasteiger partial charge on any atom is -0.468 e. The summed E-state index contributed by atoms with van der Waals surface area (Å²) in [5.74, 6) is 2.21. The lowest BCUT2D eigenvalue weighted by Gasteiger charge is -2.59. The summed E-state index contributed by atoms with van der Waals surface area (Å²) in [4.78, 5) is 22.3. The molecule has 4 aliphatic carbocycles. The third kappa shape index (κ3) is 2.82. The molecule has 0 bridgehead atoms. The van der Waals surface area contributed by atoms with Crippen molar-refractivity contribution < 1.29 is 19.4 Å². The van der Waals surface area contributed by atoms with Crippen molar-refractivity contribution in [2.45, 2.75) is 83.7 Å². The number of aliphatic hydroxyl groups is 1. The van der Waals surface area contributed by atoms with Crippen LogP contribution in [0.1, 0.15) is 78.1 Å². The molecule has 4 rings (SSSR count). The van der Waals surface area contributed by atoms with Gasteiger partial charge in [-0.05, 0) is 92.4 Å². The Labute approximate surface area is 162 Å². The molecular weight excluding hydrogens is 340 g/mol. The summed E-state index contributed by atoms with van der Waals surface area (Å²) >= 11 is 0. The third-order valence-corrected chi connectivity index (χ3v) is 9.20. The minimum absolute atomic E-state index is 0.0303. The van der Waals surface area contributed by atoms with Gasteiger partial charge in [0.1, 0.15) is 0 Å². The normalized spacial score (nSPS) is 46.1. The van der Waals surface area contributed by atoms with E-state index in [4.69, 9.17) is 4.74 Å². The number of fused-ring (bicyclic) bond motifs is 5. The monoisotopic (exact) mass is 374 g/mol. The van der Waals surface area contributed by atoms with Crippen molar-refractivity contribution in [3.8, 4) is 0 Å². The maximum atomic E-state index is 11.9. The first-order valence-corrected chi connectivity index (χ1v) is 10.9. The topological polar surface area (TPSA) is 63.6 Å². The van der Waals surface area contributed by atoms with E-state index < -0.39 is 5.60 Å². The largest absolute Gasteiger partial charge is 0.468 e. The number of hydrogen-bond acceptors (Lipinski definition) is 4. The van der Waals surface area contributed by atoms with Crippen molar-refractivity contribution in [1.82, 2.24) is 0 Å². The molecule has 27 heavy (non-hydrogen) atoms. The van der Waals surface area contributed by atoms with Crippen LogP contribution in [0.5, 0.6) is 0 Å². The minimum atomic E-state index is -0.631.